The Morgan fingerprint density at radius 2 is 1.67 bits per heavy atom. The molecule has 0 amide bonds. The first kappa shape index (κ1) is 9.77. The van der Waals surface area contributed by atoms with E-state index in [1.807, 2.05) is 13.8 Å². The summed E-state index contributed by atoms with van der Waals surface area (Å²) in [6, 6.07) is 0. The van der Waals surface area contributed by atoms with Crippen LogP contribution in [0.3, 0.4) is 0 Å². The van der Waals surface area contributed by atoms with Gasteiger partial charge in [0.2, 0.25) is 0 Å². The minimum absolute atomic E-state index is 0. The van der Waals surface area contributed by atoms with Crippen LogP contribution in [0.1, 0.15) is 13.8 Å². The summed E-state index contributed by atoms with van der Waals surface area (Å²) in [7, 11) is 0. The topological polar surface area (TPSA) is 20.2 Å². The molecule has 0 atom stereocenters. The molecule has 0 aromatic rings. The summed E-state index contributed by atoms with van der Waals surface area (Å²) in [4.78, 5) is 0. The Hall–Kier alpha value is 0.583. The van der Waals surface area contributed by atoms with Crippen molar-refractivity contribution >= 4 is 0 Å². The minimum atomic E-state index is 0. The molecule has 0 aromatic heterocycles. The average molecular weight is 140 g/mol. The van der Waals surface area contributed by atoms with Gasteiger partial charge in [-0.1, -0.05) is 13.8 Å². The molecule has 0 spiro atoms. The molecule has 1 nitrogen and oxygen atoms in total. The first-order valence-electron chi connectivity index (χ1n) is 1.88. The minimum Gasteiger partial charge on any atom is -0.396 e. The molecule has 34 valence electrons. The smallest absolute Gasteiger partial charge is 0.0453 e. The van der Waals surface area contributed by atoms with E-state index in [4.69, 9.17) is 5.11 Å². The fourth-order valence-electron chi connectivity index (χ4n) is 0. The molecule has 0 aliphatic heterocycles. The van der Waals surface area contributed by atoms with Gasteiger partial charge in [0.05, 0.1) is 0 Å². The van der Waals surface area contributed by atoms with Gasteiger partial charge in [0.25, 0.3) is 0 Å². The van der Waals surface area contributed by atoms with Crippen molar-refractivity contribution in [2.45, 2.75) is 13.8 Å². The molecule has 0 rings (SSSR count). The van der Waals surface area contributed by atoms with Crippen molar-refractivity contribution in [3.05, 3.63) is 0 Å². The van der Waals surface area contributed by atoms with E-state index in [-0.39, 0.29) is 19.5 Å². The zero-order valence-corrected chi connectivity index (χ0v) is 7.41. The van der Waals surface area contributed by atoms with E-state index in [2.05, 4.69) is 0 Å². The van der Waals surface area contributed by atoms with Crippen LogP contribution in [0.15, 0.2) is 0 Å². The SMILES string of the molecule is CC(C)CO.[Zn]. The Labute approximate surface area is 51.5 Å². The van der Waals surface area contributed by atoms with Gasteiger partial charge in [-0.3, -0.25) is 0 Å². The maximum Gasteiger partial charge on any atom is 0.0453 e. The second kappa shape index (κ2) is 5.58. The predicted octanol–water partition coefficient (Wildman–Crippen LogP) is 0.632. The second-order valence-electron chi connectivity index (χ2n) is 1.58. The van der Waals surface area contributed by atoms with Crippen LogP contribution < -0.4 is 0 Å². The Kier molecular flexibility index (Phi) is 9.09. The van der Waals surface area contributed by atoms with Crippen LogP contribution in [0.5, 0.6) is 0 Å². The molecule has 0 fully saturated rings. The normalized spacial score (nSPS) is 8.00. The van der Waals surface area contributed by atoms with Gasteiger partial charge in [-0.05, 0) is 5.92 Å². The Balaban J connectivity index is 0. The van der Waals surface area contributed by atoms with E-state index >= 15 is 0 Å². The van der Waals surface area contributed by atoms with Crippen molar-refractivity contribution in [3.8, 4) is 0 Å². The summed E-state index contributed by atoms with van der Waals surface area (Å²) in [5.41, 5.74) is 0. The van der Waals surface area contributed by atoms with Gasteiger partial charge < -0.3 is 5.11 Å². The summed E-state index contributed by atoms with van der Waals surface area (Å²) in [6.45, 7) is 4.25. The fraction of sp³-hybridized carbons (Fsp3) is 1.00. The van der Waals surface area contributed by atoms with Gasteiger partial charge in [-0.15, -0.1) is 0 Å². The van der Waals surface area contributed by atoms with Gasteiger partial charge in [0.1, 0.15) is 0 Å². The molecule has 0 unspecified atom stereocenters. The van der Waals surface area contributed by atoms with Crippen LogP contribution in [0, 0.1) is 5.92 Å². The third-order valence-electron chi connectivity index (χ3n) is 0.365. The van der Waals surface area contributed by atoms with Crippen molar-refractivity contribution in [2.24, 2.45) is 5.92 Å². The van der Waals surface area contributed by atoms with Crippen molar-refractivity contribution < 1.29 is 24.6 Å². The van der Waals surface area contributed by atoms with Crippen molar-refractivity contribution in [1.82, 2.24) is 0 Å². The standard InChI is InChI=1S/C4H10O.Zn/c1-4(2)3-5;/h4-5H,3H2,1-2H3;. The first-order valence-corrected chi connectivity index (χ1v) is 1.88. The van der Waals surface area contributed by atoms with Crippen LogP contribution in [-0.4, -0.2) is 11.7 Å². The number of hydrogen-bond donors (Lipinski definition) is 1. The number of rotatable bonds is 1. The van der Waals surface area contributed by atoms with E-state index < -0.39 is 0 Å². The molecule has 0 saturated carbocycles. The molecule has 0 radical (unpaired) electrons. The van der Waals surface area contributed by atoms with Crippen molar-refractivity contribution in [3.63, 3.8) is 0 Å². The number of aliphatic hydroxyl groups is 1. The summed E-state index contributed by atoms with van der Waals surface area (Å²) >= 11 is 0. The quantitative estimate of drug-likeness (QED) is 0.529. The largest absolute Gasteiger partial charge is 0.396 e. The summed E-state index contributed by atoms with van der Waals surface area (Å²) in [5.74, 6) is 0.440. The van der Waals surface area contributed by atoms with Crippen LogP contribution in [0.4, 0.5) is 0 Å². The maximum absolute atomic E-state index is 8.14. The van der Waals surface area contributed by atoms with E-state index in [9.17, 15) is 0 Å². The summed E-state index contributed by atoms with van der Waals surface area (Å²) < 4.78 is 0. The van der Waals surface area contributed by atoms with E-state index in [1.54, 1.807) is 0 Å². The molecule has 1 N–H and O–H groups in total. The molecule has 0 bridgehead atoms. The molecule has 0 saturated heterocycles. The maximum atomic E-state index is 8.14. The van der Waals surface area contributed by atoms with Gasteiger partial charge in [0, 0.05) is 26.1 Å². The summed E-state index contributed by atoms with van der Waals surface area (Å²) in [5, 5.41) is 8.14. The molecule has 0 heterocycles. The van der Waals surface area contributed by atoms with Crippen molar-refractivity contribution in [1.29, 1.82) is 0 Å². The van der Waals surface area contributed by atoms with Crippen LogP contribution in [0.25, 0.3) is 0 Å². The van der Waals surface area contributed by atoms with Gasteiger partial charge in [-0.2, -0.15) is 0 Å². The third kappa shape index (κ3) is 8.82. The number of aliphatic hydroxyl groups excluding tert-OH is 1. The van der Waals surface area contributed by atoms with Crippen LogP contribution in [-0.2, 0) is 19.5 Å². The average Bonchev–Trinajstić information content (AvgIpc) is 1.38. The molecule has 0 aliphatic rings. The van der Waals surface area contributed by atoms with E-state index in [0.717, 1.165) is 0 Å². The summed E-state index contributed by atoms with van der Waals surface area (Å²) in [6.07, 6.45) is 0. The molecule has 0 aliphatic carbocycles. The Morgan fingerprint density at radius 3 is 1.67 bits per heavy atom. The van der Waals surface area contributed by atoms with E-state index in [0.29, 0.717) is 12.5 Å². The first-order chi connectivity index (χ1) is 2.27. The molecular weight excluding hydrogens is 129 g/mol. The van der Waals surface area contributed by atoms with Gasteiger partial charge in [0.15, 0.2) is 0 Å². The predicted molar refractivity (Wildman–Crippen MR) is 21.9 cm³/mol. The molecule has 0 aromatic carbocycles. The molecular formula is C4H10OZn. The second-order valence-corrected chi connectivity index (χ2v) is 1.58. The fourth-order valence-corrected chi connectivity index (χ4v) is 0. The van der Waals surface area contributed by atoms with Gasteiger partial charge >= 0.3 is 0 Å². The zero-order chi connectivity index (χ0) is 4.28. The third-order valence-corrected chi connectivity index (χ3v) is 0.365. The molecule has 2 heteroatoms. The Bertz CT molecular complexity index is 21.5. The van der Waals surface area contributed by atoms with Gasteiger partial charge in [-0.25, -0.2) is 0 Å². The van der Waals surface area contributed by atoms with Crippen LogP contribution >= 0.6 is 0 Å². The van der Waals surface area contributed by atoms with Crippen LogP contribution in [0.2, 0.25) is 0 Å². The van der Waals surface area contributed by atoms with E-state index in [1.165, 1.54) is 0 Å². The Morgan fingerprint density at radius 1 is 1.50 bits per heavy atom. The molecule has 6 heavy (non-hydrogen) atoms. The zero-order valence-electron chi connectivity index (χ0n) is 4.44. The monoisotopic (exact) mass is 138 g/mol. The van der Waals surface area contributed by atoms with Crippen molar-refractivity contribution in [2.75, 3.05) is 6.61 Å². The number of hydrogen-bond acceptors (Lipinski definition) is 1.